The second kappa shape index (κ2) is 34.5. The van der Waals surface area contributed by atoms with E-state index in [9.17, 15) is 19.2 Å². The van der Waals surface area contributed by atoms with Crippen molar-refractivity contribution >= 4 is 80.9 Å². The number of anilines is 3. The number of hydrogen-bond acceptors (Lipinski definition) is 22. The highest BCUT2D eigenvalue weighted by Gasteiger charge is 2.29. The van der Waals surface area contributed by atoms with Gasteiger partial charge in [0.1, 0.15) is 28.8 Å². The van der Waals surface area contributed by atoms with Gasteiger partial charge in [0.2, 0.25) is 17.7 Å². The maximum absolute atomic E-state index is 12.5. The van der Waals surface area contributed by atoms with E-state index < -0.39 is 5.25 Å². The van der Waals surface area contributed by atoms with E-state index in [1.54, 1.807) is 17.5 Å². The lowest BCUT2D eigenvalue weighted by atomic mass is 10.1. The summed E-state index contributed by atoms with van der Waals surface area (Å²) in [6, 6.07) is 20.1. The van der Waals surface area contributed by atoms with Gasteiger partial charge in [-0.1, -0.05) is 72.4 Å². The van der Waals surface area contributed by atoms with Crippen molar-refractivity contribution in [3.8, 4) is 21.7 Å². The Kier molecular flexibility index (Phi) is 26.6. The van der Waals surface area contributed by atoms with Crippen LogP contribution in [0.3, 0.4) is 0 Å². The zero-order chi connectivity index (χ0) is 69.2. The summed E-state index contributed by atoms with van der Waals surface area (Å²) in [5.41, 5.74) is 7.79. The summed E-state index contributed by atoms with van der Waals surface area (Å²) in [6.07, 6.45) is 14.9. The number of aliphatic hydroxyl groups is 1. The smallest absolute Gasteiger partial charge is 0.239 e. The number of aliphatic hydroxyl groups excluding tert-OH is 1. The summed E-state index contributed by atoms with van der Waals surface area (Å²) in [4.78, 5) is 94.3. The van der Waals surface area contributed by atoms with Crippen LogP contribution in [-0.2, 0) is 93.2 Å². The molecule has 0 fully saturated rings. The summed E-state index contributed by atoms with van der Waals surface area (Å²) < 4.78 is 11.5. The van der Waals surface area contributed by atoms with Gasteiger partial charge < -0.3 is 50.0 Å². The van der Waals surface area contributed by atoms with Gasteiger partial charge in [-0.3, -0.25) is 19.8 Å². The maximum Gasteiger partial charge on any atom is 0.239 e. The number of carbonyl (C=O) groups is 4. The Balaban J connectivity index is 0.000000186. The SMILES string of the molecule is CN(CC(=O)NC(C)(C)C)c1nc(-c2ncc(CCO)s2)nc2c1CCC2.CN(CC(=O)NC(C)(C)C)c1nc(-c2ncc(CCOCc3ccccc3)s2)nc2c1CCC2.CN(CC(=O)NC(C)(C)C)c1nc(C(=N)SC(C=O)CCOCc2ccccc2)nc2c1CCC2. The number of aromatic nitrogens is 8. The fourth-order valence-corrected chi connectivity index (χ4v) is 13.6. The first-order valence-corrected chi connectivity index (χ1v) is 35.4. The van der Waals surface area contributed by atoms with E-state index >= 15 is 0 Å². The molecule has 2 aromatic carbocycles. The highest BCUT2D eigenvalue weighted by Crippen LogP contribution is 2.35. The summed E-state index contributed by atoms with van der Waals surface area (Å²) in [5.74, 6) is 3.73. The lowest BCUT2D eigenvalue weighted by Crippen LogP contribution is -2.45. The Hall–Kier alpha value is -7.68. The number of hydrogen-bond donors (Lipinski definition) is 5. The van der Waals surface area contributed by atoms with Gasteiger partial charge in [0.05, 0.1) is 44.7 Å². The topological polar surface area (TPSA) is 280 Å². The Labute approximate surface area is 577 Å². The molecule has 0 saturated carbocycles. The quantitative estimate of drug-likeness (QED) is 0.0146. The number of nitrogens with one attached hydrogen (secondary N) is 4. The zero-order valence-electron chi connectivity index (χ0n) is 57.8. The molecule has 0 bridgehead atoms. The van der Waals surface area contributed by atoms with Gasteiger partial charge in [0, 0.05) is 120 Å². The number of aryl methyl sites for hydroxylation is 3. The van der Waals surface area contributed by atoms with E-state index in [-0.39, 0.29) is 65.6 Å². The number of amides is 3. The van der Waals surface area contributed by atoms with E-state index in [1.165, 1.54) is 16.9 Å². The van der Waals surface area contributed by atoms with Gasteiger partial charge in [0.25, 0.3) is 0 Å². The number of fused-ring (bicyclic) bond motifs is 3. The lowest BCUT2D eigenvalue weighted by Gasteiger charge is -2.25. The van der Waals surface area contributed by atoms with E-state index in [2.05, 4.69) is 48.0 Å². The van der Waals surface area contributed by atoms with Crippen molar-refractivity contribution in [2.75, 3.05) is 75.3 Å². The van der Waals surface area contributed by atoms with Crippen LogP contribution in [0.5, 0.6) is 0 Å². The zero-order valence-corrected chi connectivity index (χ0v) is 60.2. The van der Waals surface area contributed by atoms with Gasteiger partial charge in [0.15, 0.2) is 27.5 Å². The standard InChI is InChI=1S/C26H35N5O3S.C26H33N5O2S.C19H27N5O2S/c1-26(2,3)30-22(33)15-31(4)25-20-11-8-12-21(20)28-24(29-25)23(27)35-19(16-32)13-14-34-17-18-9-6-5-7-10-18;1-26(2,3)30-22(32)16-31(4)24-20-11-8-12-21(20)28-23(29-24)25-27-15-19(34-25)13-14-33-17-18-9-6-5-7-10-18;1-19(2,3)23-15(26)11-24(4)17-13-6-5-7-14(13)21-16(22-17)18-20-10-12(27-18)8-9-25/h5-7,9-10,16,19,27H,8,11-15,17H2,1-4H3,(H,30,33);5-7,9-10,15H,8,11-14,16-17H2,1-4H3,(H,30,32);10,25H,5-9,11H2,1-4H3,(H,23,26). The molecule has 3 aliphatic rings. The molecule has 0 aliphatic heterocycles. The Bertz CT molecular complexity index is 3750. The molecule has 10 rings (SSSR count). The van der Waals surface area contributed by atoms with Crippen molar-refractivity contribution in [2.24, 2.45) is 0 Å². The third kappa shape index (κ3) is 22.7. The highest BCUT2D eigenvalue weighted by atomic mass is 32.2. The van der Waals surface area contributed by atoms with Crippen LogP contribution in [0.15, 0.2) is 73.1 Å². The van der Waals surface area contributed by atoms with Crippen LogP contribution in [0.4, 0.5) is 17.5 Å². The maximum atomic E-state index is 12.5. The molecule has 0 spiro atoms. The molecule has 7 aromatic rings. The van der Waals surface area contributed by atoms with E-state index in [4.69, 9.17) is 39.9 Å². The minimum Gasteiger partial charge on any atom is -0.396 e. The van der Waals surface area contributed by atoms with Crippen LogP contribution in [-0.4, -0.2) is 156 Å². The highest BCUT2D eigenvalue weighted by molar-refractivity contribution is 8.15. The largest absolute Gasteiger partial charge is 0.396 e. The molecular formula is C71H95N15O7S3. The Morgan fingerprint density at radius 2 is 0.969 bits per heavy atom. The van der Waals surface area contributed by atoms with Crippen molar-refractivity contribution in [1.29, 1.82) is 5.41 Å². The molecule has 514 valence electrons. The first-order valence-electron chi connectivity index (χ1n) is 32.9. The molecule has 5 aromatic heterocycles. The molecular weight excluding hydrogens is 1270 g/mol. The van der Waals surface area contributed by atoms with Gasteiger partial charge in [-0.2, -0.15) is 0 Å². The number of aldehydes is 1. The number of carbonyl (C=O) groups excluding carboxylic acids is 4. The second-order valence-electron chi connectivity index (χ2n) is 27.4. The number of benzene rings is 2. The number of ether oxygens (including phenoxy) is 2. The summed E-state index contributed by atoms with van der Waals surface area (Å²) in [5, 5.41) is 28.0. The first-order chi connectivity index (χ1) is 45.7. The van der Waals surface area contributed by atoms with Gasteiger partial charge in [-0.15, -0.1) is 22.7 Å². The van der Waals surface area contributed by atoms with Crippen LogP contribution in [0, 0.1) is 5.41 Å². The van der Waals surface area contributed by atoms with Crippen molar-refractivity contribution in [1.82, 2.24) is 55.8 Å². The number of likely N-dealkylation sites (N-methyl/N-ethyl adjacent to an activating group) is 3. The number of thiazole rings is 2. The third-order valence-corrected chi connectivity index (χ3v) is 18.4. The van der Waals surface area contributed by atoms with Crippen LogP contribution < -0.4 is 30.7 Å². The van der Waals surface area contributed by atoms with Gasteiger partial charge in [-0.05, 0) is 138 Å². The van der Waals surface area contributed by atoms with E-state index in [0.717, 1.165) is 153 Å². The fraction of sp³-hybridized carbons (Fsp3) is 0.507. The molecule has 25 heteroatoms. The molecule has 22 nitrogen and oxygen atoms in total. The molecule has 96 heavy (non-hydrogen) atoms. The molecule has 1 atom stereocenters. The number of nitrogens with zero attached hydrogens (tertiary/aromatic N) is 11. The summed E-state index contributed by atoms with van der Waals surface area (Å²) >= 11 is 4.25. The van der Waals surface area contributed by atoms with Crippen LogP contribution in [0.1, 0.15) is 148 Å². The number of rotatable bonds is 26. The van der Waals surface area contributed by atoms with Crippen molar-refractivity contribution in [2.45, 2.75) is 174 Å². The second-order valence-corrected chi connectivity index (χ2v) is 30.9. The van der Waals surface area contributed by atoms with E-state index in [0.29, 0.717) is 62.6 Å². The summed E-state index contributed by atoms with van der Waals surface area (Å²) in [6.45, 7) is 20.6. The van der Waals surface area contributed by atoms with Gasteiger partial charge in [-0.25, -0.2) is 39.9 Å². The molecule has 0 saturated heterocycles. The lowest BCUT2D eigenvalue weighted by molar-refractivity contribution is -0.122. The first kappa shape index (κ1) is 74.1. The van der Waals surface area contributed by atoms with Crippen molar-refractivity contribution < 1.29 is 33.8 Å². The minimum atomic E-state index is -0.422. The van der Waals surface area contributed by atoms with Crippen molar-refractivity contribution in [3.63, 3.8) is 0 Å². The predicted octanol–water partition coefficient (Wildman–Crippen LogP) is 9.72. The molecule has 0 radical (unpaired) electrons. The van der Waals surface area contributed by atoms with Gasteiger partial charge >= 0.3 is 0 Å². The van der Waals surface area contributed by atoms with E-state index in [1.807, 2.05) is 153 Å². The molecule has 3 aliphatic carbocycles. The fourth-order valence-electron chi connectivity index (χ4n) is 11.1. The molecule has 5 heterocycles. The van der Waals surface area contributed by atoms with Crippen LogP contribution in [0.2, 0.25) is 0 Å². The molecule has 5 N–H and O–H groups in total. The molecule has 1 unspecified atom stereocenters. The average molecular weight is 1370 g/mol. The Morgan fingerprint density at radius 1 is 0.573 bits per heavy atom. The molecule has 3 amide bonds. The van der Waals surface area contributed by atoms with Crippen LogP contribution >= 0.6 is 34.4 Å². The van der Waals surface area contributed by atoms with Crippen LogP contribution in [0.25, 0.3) is 21.7 Å². The third-order valence-electron chi connectivity index (χ3n) is 15.2. The summed E-state index contributed by atoms with van der Waals surface area (Å²) in [7, 11) is 5.65. The average Bonchev–Trinajstić information content (AvgIpc) is 1.51. The minimum absolute atomic E-state index is 0.0195. The monoisotopic (exact) mass is 1370 g/mol. The normalized spacial score (nSPS) is 13.4. The Morgan fingerprint density at radius 3 is 1.38 bits per heavy atom. The van der Waals surface area contributed by atoms with Crippen molar-refractivity contribution in [3.05, 3.63) is 134 Å². The predicted molar refractivity (Wildman–Crippen MR) is 383 cm³/mol. The number of thioether (sulfide) groups is 1.